The molecular formula is C3H4N4. The molecule has 4 heteroatoms. The number of nitrogens with one attached hydrogen (secondary N) is 2. The van der Waals surface area contributed by atoms with E-state index in [4.69, 9.17) is 5.53 Å². The van der Waals surface area contributed by atoms with Gasteiger partial charge >= 0.3 is 0 Å². The monoisotopic (exact) mass is 96.0 g/mol. The Hall–Kier alpha value is -1.19. The van der Waals surface area contributed by atoms with Crippen LogP contribution in [0.4, 0.5) is 5.82 Å². The van der Waals surface area contributed by atoms with Crippen molar-refractivity contribution in [3.8, 4) is 0 Å². The van der Waals surface area contributed by atoms with Gasteiger partial charge in [0, 0.05) is 0 Å². The minimum atomic E-state index is 0.500. The first-order valence-corrected chi connectivity index (χ1v) is 1.83. The van der Waals surface area contributed by atoms with Crippen LogP contribution in [0, 0.1) is 0 Å². The van der Waals surface area contributed by atoms with E-state index in [9.17, 15) is 0 Å². The third kappa shape index (κ3) is 0.623. The third-order valence-corrected chi connectivity index (χ3v) is 0.621. The summed E-state index contributed by atoms with van der Waals surface area (Å²) >= 11 is 0. The van der Waals surface area contributed by atoms with Crippen molar-refractivity contribution in [2.75, 3.05) is 0 Å². The van der Waals surface area contributed by atoms with Gasteiger partial charge in [-0.25, -0.2) is 0 Å². The van der Waals surface area contributed by atoms with Crippen molar-refractivity contribution in [2.24, 2.45) is 0 Å². The van der Waals surface area contributed by atoms with Gasteiger partial charge in [-0.15, -0.1) is 5.10 Å². The van der Waals surface area contributed by atoms with Crippen molar-refractivity contribution in [1.29, 1.82) is 0 Å². The Balaban J connectivity index is 2.96. The Bertz CT molecular complexity index is 142. The van der Waals surface area contributed by atoms with Crippen LogP contribution in [0.5, 0.6) is 0 Å². The van der Waals surface area contributed by atoms with Gasteiger partial charge in [-0.1, -0.05) is 5.10 Å². The standard InChI is InChI=1S/C3H4N4/c4-6-3-1-2-5-7-3/h1-2,6H,(H,5,7). The normalized spacial score (nSPS) is 8.57. The average Bonchev–Trinajstić information content (AvgIpc) is 2.14. The molecule has 0 fully saturated rings. The largest absolute Gasteiger partial charge is 0.614 e. The van der Waals surface area contributed by atoms with E-state index in [-0.39, 0.29) is 0 Å². The molecule has 1 aromatic rings. The first-order valence-electron chi connectivity index (χ1n) is 1.83. The van der Waals surface area contributed by atoms with E-state index in [0.717, 1.165) is 0 Å². The predicted molar refractivity (Wildman–Crippen MR) is 22.6 cm³/mol. The number of aromatic amines is 1. The molecular weight excluding hydrogens is 92.1 g/mol. The average molecular weight is 96.1 g/mol. The van der Waals surface area contributed by atoms with Crippen LogP contribution in [0.25, 0.3) is 5.53 Å². The summed E-state index contributed by atoms with van der Waals surface area (Å²) in [6, 6.07) is 1.61. The predicted octanol–water partition coefficient (Wildman–Crippen LogP) is -0.857. The maximum Gasteiger partial charge on any atom is 0.284 e. The second-order valence-electron chi connectivity index (χ2n) is 1.08. The minimum absolute atomic E-state index is 0.500. The topological polar surface area (TPSA) is 65.0 Å². The van der Waals surface area contributed by atoms with Crippen LogP contribution >= 0.6 is 0 Å². The van der Waals surface area contributed by atoms with Gasteiger partial charge in [0.05, 0.1) is 12.3 Å². The van der Waals surface area contributed by atoms with Gasteiger partial charge in [0.25, 0.3) is 5.82 Å². The van der Waals surface area contributed by atoms with Crippen LogP contribution in [0.15, 0.2) is 12.3 Å². The van der Waals surface area contributed by atoms with Crippen molar-refractivity contribution < 1.29 is 5.11 Å². The molecule has 1 heterocycles. The molecule has 0 bridgehead atoms. The molecule has 1 aromatic heterocycles. The molecule has 0 aromatic carbocycles. The first-order chi connectivity index (χ1) is 3.43. The van der Waals surface area contributed by atoms with Crippen LogP contribution in [0.2, 0.25) is 0 Å². The van der Waals surface area contributed by atoms with Crippen molar-refractivity contribution in [3.05, 3.63) is 17.8 Å². The fourth-order valence-electron chi connectivity index (χ4n) is 0.318. The summed E-state index contributed by atoms with van der Waals surface area (Å²) in [6.45, 7) is 0. The Labute approximate surface area is 40.1 Å². The zero-order chi connectivity index (χ0) is 5.11. The van der Waals surface area contributed by atoms with Crippen molar-refractivity contribution >= 4 is 5.82 Å². The van der Waals surface area contributed by atoms with Crippen molar-refractivity contribution in [2.45, 2.75) is 0 Å². The lowest BCUT2D eigenvalue weighted by atomic mass is 10.7. The molecule has 0 aliphatic heterocycles. The number of nitrogens with zero attached hydrogens (tertiary/aromatic N) is 2. The summed E-state index contributed by atoms with van der Waals surface area (Å²) in [5.41, 5.74) is 8.11. The molecule has 0 spiro atoms. The number of rotatable bonds is 1. The molecule has 1 rings (SSSR count). The lowest BCUT2D eigenvalue weighted by molar-refractivity contribution is -0.384. The van der Waals surface area contributed by atoms with Crippen LogP contribution in [-0.2, 0) is 0 Å². The molecule has 0 radical (unpaired) electrons. The molecule has 0 amide bonds. The number of hydrogen-bond acceptors (Lipinski definition) is 1. The lowest BCUT2D eigenvalue weighted by Gasteiger charge is -1.73. The second-order valence-corrected chi connectivity index (χ2v) is 1.08. The molecule has 0 saturated heterocycles. The second kappa shape index (κ2) is 1.51. The molecule has 2 N–H and O–H groups in total. The van der Waals surface area contributed by atoms with E-state index in [2.05, 4.69) is 10.2 Å². The summed E-state index contributed by atoms with van der Waals surface area (Å²) in [4.78, 5) is 0. The Morgan fingerprint density at radius 1 is 1.86 bits per heavy atom. The van der Waals surface area contributed by atoms with E-state index in [0.29, 0.717) is 5.82 Å². The maximum atomic E-state index is 8.11. The molecule has 0 saturated carbocycles. The van der Waals surface area contributed by atoms with Gasteiger partial charge in [-0.05, 0) is 0 Å². The molecule has 0 aliphatic carbocycles. The zero-order valence-corrected chi connectivity index (χ0v) is 3.55. The lowest BCUT2D eigenvalue weighted by Crippen LogP contribution is -2.54. The summed E-state index contributed by atoms with van der Waals surface area (Å²) in [5.74, 6) is 0.500. The number of hydrogen-bond donors (Lipinski definition) is 2. The van der Waals surface area contributed by atoms with Crippen molar-refractivity contribution in [1.82, 2.24) is 10.2 Å². The highest BCUT2D eigenvalue weighted by atomic mass is 15.2. The van der Waals surface area contributed by atoms with Gasteiger partial charge < -0.3 is 10.6 Å². The third-order valence-electron chi connectivity index (χ3n) is 0.621. The highest BCUT2D eigenvalue weighted by molar-refractivity contribution is 5.10. The van der Waals surface area contributed by atoms with Crippen LogP contribution in [-0.4, -0.2) is 10.2 Å². The quantitative estimate of drug-likeness (QED) is 0.439. The van der Waals surface area contributed by atoms with Gasteiger partial charge in [0.2, 0.25) is 0 Å². The number of aromatic nitrogens is 2. The van der Waals surface area contributed by atoms with Crippen LogP contribution in [0.1, 0.15) is 0 Å². The fraction of sp³-hybridized carbons (Fsp3) is 0. The van der Waals surface area contributed by atoms with E-state index in [1.54, 1.807) is 12.3 Å². The zero-order valence-electron chi connectivity index (χ0n) is 3.55. The number of H-pyrrole nitrogens is 1. The molecule has 0 atom stereocenters. The molecule has 4 nitrogen and oxygen atoms in total. The molecule has 36 valence electrons. The maximum absolute atomic E-state index is 8.11. The van der Waals surface area contributed by atoms with Gasteiger partial charge in [-0.2, -0.15) is 0 Å². The molecule has 0 unspecified atom stereocenters. The van der Waals surface area contributed by atoms with Crippen LogP contribution < -0.4 is 5.11 Å². The Morgan fingerprint density at radius 3 is 3.00 bits per heavy atom. The van der Waals surface area contributed by atoms with Gasteiger partial charge in [0.15, 0.2) is 0 Å². The summed E-state index contributed by atoms with van der Waals surface area (Å²) < 4.78 is 0. The first kappa shape index (κ1) is 3.98. The van der Waals surface area contributed by atoms with Crippen molar-refractivity contribution in [3.63, 3.8) is 0 Å². The van der Waals surface area contributed by atoms with E-state index >= 15 is 0 Å². The van der Waals surface area contributed by atoms with Gasteiger partial charge in [-0.3, -0.25) is 0 Å². The highest BCUT2D eigenvalue weighted by Gasteiger charge is 1.85. The smallest absolute Gasteiger partial charge is 0.284 e. The molecule has 0 aliphatic rings. The summed E-state index contributed by atoms with van der Waals surface area (Å²) in [6.07, 6.45) is 1.54. The summed E-state index contributed by atoms with van der Waals surface area (Å²) in [5, 5.41) is 7.91. The highest BCUT2D eigenvalue weighted by Crippen LogP contribution is 1.83. The fourth-order valence-corrected chi connectivity index (χ4v) is 0.318. The van der Waals surface area contributed by atoms with Crippen LogP contribution in [0.3, 0.4) is 0 Å². The Morgan fingerprint density at radius 2 is 2.71 bits per heavy atom. The van der Waals surface area contributed by atoms with Gasteiger partial charge in [0.1, 0.15) is 0 Å². The Kier molecular flexibility index (Phi) is 0.856. The van der Waals surface area contributed by atoms with E-state index in [1.165, 1.54) is 0 Å². The minimum Gasteiger partial charge on any atom is -0.614 e. The van der Waals surface area contributed by atoms with E-state index < -0.39 is 0 Å². The SMILES string of the molecule is [N-]=[NH+]c1ccn[nH]1. The molecule has 7 heavy (non-hydrogen) atoms. The van der Waals surface area contributed by atoms with E-state index in [1.807, 2.05) is 5.11 Å². The summed E-state index contributed by atoms with van der Waals surface area (Å²) in [7, 11) is 0.